The Hall–Kier alpha value is -5.31. The Balaban J connectivity index is 1.10. The standard InChI is InChI=1S/C40H44N6O8S/c1-23-34(24(2)53-43-23)37(48)41-32-17-7-5-3-4-6-12-25-21-40(25,39(50)45-55(51,52)27-18-19-27)42-36(47)33-20-26(22-46(33)38(32)49)54-44-35-30-15-10-8-13-28(30)29-14-9-11-16-31(29)35/h6,8-16,25-27,32-33H,3-5,7,17-22H2,1-2H3,(H,41,48)(H,42,47)(H,45,50)/b12-6-/t25?,26-,32+,33+,40?/m1/s1. The average molecular weight is 769 g/mol. The number of hydrogen-bond donors (Lipinski definition) is 3. The van der Waals surface area contributed by atoms with Gasteiger partial charge in [0.05, 0.1) is 17.5 Å². The number of carbonyl (C=O) groups excluding carboxylic acids is 4. The molecule has 288 valence electrons. The zero-order valence-electron chi connectivity index (χ0n) is 30.7. The third-order valence-corrected chi connectivity index (χ3v) is 13.2. The third kappa shape index (κ3) is 7.05. The molecule has 15 heteroatoms. The second-order valence-electron chi connectivity index (χ2n) is 15.2. The Labute approximate surface area is 319 Å². The van der Waals surface area contributed by atoms with E-state index in [1.807, 2.05) is 60.7 Å². The Bertz CT molecular complexity index is 2160. The van der Waals surface area contributed by atoms with Crippen LogP contribution in [0.15, 0.2) is 70.4 Å². The first kappa shape index (κ1) is 36.7. The van der Waals surface area contributed by atoms with Gasteiger partial charge in [0.1, 0.15) is 40.8 Å². The summed E-state index contributed by atoms with van der Waals surface area (Å²) in [7, 11) is -3.89. The highest BCUT2D eigenvalue weighted by atomic mass is 32.2. The number of rotatable bonds is 7. The van der Waals surface area contributed by atoms with Crippen LogP contribution < -0.4 is 15.4 Å². The molecule has 2 aromatic carbocycles. The molecule has 5 atom stereocenters. The molecule has 8 rings (SSSR count). The largest absolute Gasteiger partial charge is 0.390 e. The Morgan fingerprint density at radius 2 is 1.67 bits per heavy atom. The van der Waals surface area contributed by atoms with E-state index in [-0.39, 0.29) is 24.9 Å². The summed E-state index contributed by atoms with van der Waals surface area (Å²) in [6, 6.07) is 13.6. The molecule has 0 radical (unpaired) electrons. The van der Waals surface area contributed by atoms with Gasteiger partial charge in [-0.3, -0.25) is 23.9 Å². The van der Waals surface area contributed by atoms with Crippen LogP contribution in [0.2, 0.25) is 0 Å². The molecule has 3 heterocycles. The van der Waals surface area contributed by atoms with E-state index < -0.39 is 68.5 Å². The molecule has 2 aliphatic heterocycles. The number of aromatic nitrogens is 1. The van der Waals surface area contributed by atoms with Gasteiger partial charge in [-0.05, 0) is 63.5 Å². The molecule has 2 saturated carbocycles. The topological polar surface area (TPSA) is 189 Å². The number of nitrogens with zero attached hydrogens (tertiary/aromatic N) is 3. The monoisotopic (exact) mass is 768 g/mol. The predicted molar refractivity (Wildman–Crippen MR) is 201 cm³/mol. The number of hydrogen-bond acceptors (Lipinski definition) is 10. The van der Waals surface area contributed by atoms with Crippen LogP contribution in [-0.2, 0) is 29.2 Å². The van der Waals surface area contributed by atoms with Gasteiger partial charge in [0.2, 0.25) is 21.8 Å². The molecule has 5 aliphatic rings. The van der Waals surface area contributed by atoms with Gasteiger partial charge in [-0.15, -0.1) is 0 Å². The molecule has 0 bridgehead atoms. The van der Waals surface area contributed by atoms with Gasteiger partial charge in [-0.25, -0.2) is 8.42 Å². The van der Waals surface area contributed by atoms with Gasteiger partial charge >= 0.3 is 0 Å². The van der Waals surface area contributed by atoms with E-state index in [9.17, 15) is 27.6 Å². The van der Waals surface area contributed by atoms with Crippen molar-refractivity contribution in [2.45, 2.75) is 101 Å². The zero-order chi connectivity index (χ0) is 38.5. The van der Waals surface area contributed by atoms with Gasteiger partial charge in [-0.2, -0.15) is 0 Å². The van der Waals surface area contributed by atoms with Gasteiger partial charge < -0.3 is 24.9 Å². The van der Waals surface area contributed by atoms with E-state index in [4.69, 9.17) is 9.36 Å². The summed E-state index contributed by atoms with van der Waals surface area (Å²) in [4.78, 5) is 63.9. The molecule has 0 spiro atoms. The fourth-order valence-corrected chi connectivity index (χ4v) is 9.46. The molecular weight excluding hydrogens is 725 g/mol. The normalized spacial score (nSPS) is 26.9. The molecule has 3 aromatic rings. The maximum Gasteiger partial charge on any atom is 0.259 e. The SMILES string of the molecule is Cc1noc(C)c1C(=O)N[C@H]1CCCCC/C=C\C2CC2(C(=O)NS(=O)(=O)C2CC2)NC(=O)[C@@H]2C[C@@H](ON=C3c4ccccc4-c4ccccc43)CN2C1=O. The minimum absolute atomic E-state index is 0.0206. The van der Waals surface area contributed by atoms with Crippen LogP contribution in [0.4, 0.5) is 0 Å². The molecule has 3 N–H and O–H groups in total. The molecule has 1 aromatic heterocycles. The van der Waals surface area contributed by atoms with E-state index in [0.29, 0.717) is 49.3 Å². The highest BCUT2D eigenvalue weighted by Crippen LogP contribution is 2.46. The van der Waals surface area contributed by atoms with Gasteiger partial charge in [0.25, 0.3) is 11.8 Å². The minimum atomic E-state index is -3.89. The molecular formula is C40H44N6O8S. The van der Waals surface area contributed by atoms with E-state index in [1.165, 1.54) is 4.90 Å². The number of nitrogens with one attached hydrogen (secondary N) is 3. The first-order chi connectivity index (χ1) is 26.5. The van der Waals surface area contributed by atoms with Crippen molar-refractivity contribution in [3.8, 4) is 11.1 Å². The first-order valence-electron chi connectivity index (χ1n) is 19.0. The number of sulfonamides is 1. The van der Waals surface area contributed by atoms with Crippen molar-refractivity contribution in [2.24, 2.45) is 11.1 Å². The van der Waals surface area contributed by atoms with Crippen LogP contribution in [0, 0.1) is 19.8 Å². The van der Waals surface area contributed by atoms with E-state index >= 15 is 0 Å². The van der Waals surface area contributed by atoms with Crippen molar-refractivity contribution in [3.05, 3.63) is 88.8 Å². The Kier molecular flexibility index (Phi) is 9.60. The summed E-state index contributed by atoms with van der Waals surface area (Å²) in [5, 5.41) is 13.7. The third-order valence-electron chi connectivity index (χ3n) is 11.4. The summed E-state index contributed by atoms with van der Waals surface area (Å²) in [6.45, 7) is 3.25. The maximum absolute atomic E-state index is 14.6. The number of fused-ring (bicyclic) bond motifs is 5. The van der Waals surface area contributed by atoms with Gasteiger partial charge in [0, 0.05) is 23.5 Å². The van der Waals surface area contributed by atoms with Crippen LogP contribution in [0.3, 0.4) is 0 Å². The minimum Gasteiger partial charge on any atom is -0.390 e. The average Bonchev–Trinajstić information content (AvgIpc) is 4.04. The molecule has 4 amide bonds. The molecule has 2 unspecified atom stereocenters. The van der Waals surface area contributed by atoms with Crippen LogP contribution in [-0.4, -0.2) is 83.3 Å². The Morgan fingerprint density at radius 1 is 0.982 bits per heavy atom. The predicted octanol–water partition coefficient (Wildman–Crippen LogP) is 3.81. The van der Waals surface area contributed by atoms with Crippen LogP contribution in [0.1, 0.15) is 90.7 Å². The van der Waals surface area contributed by atoms with E-state index in [2.05, 4.69) is 25.7 Å². The van der Waals surface area contributed by atoms with E-state index in [0.717, 1.165) is 35.1 Å². The molecule has 3 aliphatic carbocycles. The Morgan fingerprint density at radius 3 is 2.33 bits per heavy atom. The van der Waals surface area contributed by atoms with Crippen LogP contribution in [0.5, 0.6) is 0 Å². The zero-order valence-corrected chi connectivity index (χ0v) is 31.6. The van der Waals surface area contributed by atoms with Crippen molar-refractivity contribution in [1.29, 1.82) is 0 Å². The number of amides is 4. The summed E-state index contributed by atoms with van der Waals surface area (Å²) in [5.41, 5.74) is 3.60. The maximum atomic E-state index is 14.6. The lowest BCUT2D eigenvalue weighted by molar-refractivity contribution is -0.141. The quantitative estimate of drug-likeness (QED) is 0.186. The number of aryl methyl sites for hydroxylation is 2. The van der Waals surface area contributed by atoms with Crippen molar-refractivity contribution < 1.29 is 37.0 Å². The highest BCUT2D eigenvalue weighted by Gasteiger charge is 2.62. The summed E-state index contributed by atoms with van der Waals surface area (Å²) in [6.07, 6.45) is 7.48. The fourth-order valence-electron chi connectivity index (χ4n) is 8.10. The van der Waals surface area contributed by atoms with Crippen LogP contribution >= 0.6 is 0 Å². The first-order valence-corrected chi connectivity index (χ1v) is 20.5. The molecule has 1 saturated heterocycles. The highest BCUT2D eigenvalue weighted by molar-refractivity contribution is 7.91. The fraction of sp³-hybridized carbons (Fsp3) is 0.450. The van der Waals surface area contributed by atoms with Gasteiger partial charge in [0.15, 0.2) is 0 Å². The van der Waals surface area contributed by atoms with Crippen molar-refractivity contribution in [3.63, 3.8) is 0 Å². The number of carbonyl (C=O) groups is 4. The lowest BCUT2D eigenvalue weighted by Gasteiger charge is -2.29. The van der Waals surface area contributed by atoms with Crippen LogP contribution in [0.25, 0.3) is 11.1 Å². The van der Waals surface area contributed by atoms with Crippen molar-refractivity contribution in [1.82, 2.24) is 25.4 Å². The van der Waals surface area contributed by atoms with E-state index in [1.54, 1.807) is 13.8 Å². The summed E-state index contributed by atoms with van der Waals surface area (Å²) in [5.74, 6) is -2.51. The van der Waals surface area contributed by atoms with Crippen molar-refractivity contribution >= 4 is 39.4 Å². The molecule has 14 nitrogen and oxygen atoms in total. The molecule has 55 heavy (non-hydrogen) atoms. The summed E-state index contributed by atoms with van der Waals surface area (Å²) >= 11 is 0. The number of allylic oxidation sites excluding steroid dienone is 1. The lowest BCUT2D eigenvalue weighted by Crippen LogP contribution is -2.58. The lowest BCUT2D eigenvalue weighted by atomic mass is 10.0. The second kappa shape index (κ2) is 14.4. The second-order valence-corrected chi connectivity index (χ2v) is 17.2. The van der Waals surface area contributed by atoms with Crippen molar-refractivity contribution in [2.75, 3.05) is 6.54 Å². The number of oxime groups is 1. The smallest absolute Gasteiger partial charge is 0.259 e. The number of benzene rings is 2. The summed E-state index contributed by atoms with van der Waals surface area (Å²) < 4.78 is 33.2. The van der Waals surface area contributed by atoms with Gasteiger partial charge in [-0.1, -0.05) is 83.8 Å². The molecule has 3 fully saturated rings.